The van der Waals surface area contributed by atoms with Gasteiger partial charge >= 0.3 is 0 Å². The third-order valence-corrected chi connectivity index (χ3v) is 3.37. The van der Waals surface area contributed by atoms with E-state index in [2.05, 4.69) is 50.0 Å². The number of para-hydroxylation sites is 1. The summed E-state index contributed by atoms with van der Waals surface area (Å²) in [6.07, 6.45) is 1.58. The lowest BCUT2D eigenvalue weighted by atomic mass is 10.2. The minimum atomic E-state index is 0.835. The van der Waals surface area contributed by atoms with Gasteiger partial charge in [-0.05, 0) is 59.0 Å². The highest BCUT2D eigenvalue weighted by molar-refractivity contribution is 14.1. The Balaban J connectivity index is 2.02. The van der Waals surface area contributed by atoms with Crippen LogP contribution in [-0.4, -0.2) is 9.97 Å². The largest absolute Gasteiger partial charge is 0.340 e. The quantitative estimate of drug-likeness (QED) is 0.713. The Labute approximate surface area is 118 Å². The molecule has 88 valence electrons. The normalized spacial score (nSPS) is 10.5. The lowest BCUT2D eigenvalue weighted by Crippen LogP contribution is -1.95. The first-order chi connectivity index (χ1) is 8.83. The highest BCUT2D eigenvalue weighted by Gasteiger charge is 2.02. The van der Waals surface area contributed by atoms with Crippen LogP contribution in [0.1, 0.15) is 0 Å². The number of aromatic nitrogens is 2. The number of halogens is 1. The van der Waals surface area contributed by atoms with E-state index in [1.165, 1.54) is 3.57 Å². The minimum Gasteiger partial charge on any atom is -0.340 e. The van der Waals surface area contributed by atoms with Crippen molar-refractivity contribution < 1.29 is 0 Å². The fraction of sp³-hybridized carbons (Fsp3) is 0. The molecule has 3 rings (SSSR count). The van der Waals surface area contributed by atoms with E-state index < -0.39 is 0 Å². The van der Waals surface area contributed by atoms with Crippen LogP contribution in [-0.2, 0) is 0 Å². The summed E-state index contributed by atoms with van der Waals surface area (Å²) >= 11 is 2.29. The highest BCUT2D eigenvalue weighted by atomic mass is 127. The van der Waals surface area contributed by atoms with Gasteiger partial charge in [-0.25, -0.2) is 9.97 Å². The maximum atomic E-state index is 4.30. The molecule has 0 unspecified atom stereocenters. The maximum absolute atomic E-state index is 4.30. The third-order valence-electron chi connectivity index (χ3n) is 2.65. The molecule has 0 fully saturated rings. The van der Waals surface area contributed by atoms with Gasteiger partial charge in [0.25, 0.3) is 0 Å². The monoisotopic (exact) mass is 347 g/mol. The summed E-state index contributed by atoms with van der Waals surface area (Å²) in [5, 5.41) is 4.35. The van der Waals surface area contributed by atoms with Crippen LogP contribution in [0.3, 0.4) is 0 Å². The number of benzene rings is 2. The summed E-state index contributed by atoms with van der Waals surface area (Å²) in [6, 6.07) is 16.2. The van der Waals surface area contributed by atoms with Crippen LogP contribution >= 0.6 is 22.6 Å². The second-order valence-corrected chi connectivity index (χ2v) is 5.12. The second kappa shape index (κ2) is 4.89. The van der Waals surface area contributed by atoms with Crippen LogP contribution in [0.15, 0.2) is 54.9 Å². The summed E-state index contributed by atoms with van der Waals surface area (Å²) in [5.41, 5.74) is 1.97. The van der Waals surface area contributed by atoms with Crippen molar-refractivity contribution in [2.45, 2.75) is 0 Å². The van der Waals surface area contributed by atoms with Gasteiger partial charge in [0.2, 0.25) is 0 Å². The Morgan fingerprint density at radius 2 is 1.67 bits per heavy atom. The van der Waals surface area contributed by atoms with Gasteiger partial charge in [0.15, 0.2) is 0 Å². The number of anilines is 2. The molecule has 4 heteroatoms. The van der Waals surface area contributed by atoms with Gasteiger partial charge in [-0.1, -0.05) is 12.1 Å². The number of rotatable bonds is 2. The highest BCUT2D eigenvalue weighted by Crippen LogP contribution is 2.22. The number of hydrogen-bond donors (Lipinski definition) is 1. The number of nitrogens with zero attached hydrogens (tertiary/aromatic N) is 2. The molecular formula is C14H10IN3. The molecule has 0 aliphatic rings. The molecular weight excluding hydrogens is 337 g/mol. The Bertz CT molecular complexity index is 675. The van der Waals surface area contributed by atoms with Crippen LogP contribution in [0.2, 0.25) is 0 Å². The molecule has 3 nitrogen and oxygen atoms in total. The standard InChI is InChI=1S/C14H10IN3/c15-10-5-7-11(8-6-10)18-14-12-3-1-2-4-13(12)16-9-17-14/h1-9H,(H,16,17,18). The molecule has 0 atom stereocenters. The lowest BCUT2D eigenvalue weighted by molar-refractivity contribution is 1.22. The first-order valence-corrected chi connectivity index (χ1v) is 6.63. The first kappa shape index (κ1) is 11.4. The van der Waals surface area contributed by atoms with Gasteiger partial charge in [0, 0.05) is 14.6 Å². The molecule has 0 bridgehead atoms. The van der Waals surface area contributed by atoms with Crippen LogP contribution in [0, 0.1) is 3.57 Å². The molecule has 0 aliphatic carbocycles. The predicted octanol–water partition coefficient (Wildman–Crippen LogP) is 3.98. The zero-order valence-corrected chi connectivity index (χ0v) is 11.6. The molecule has 18 heavy (non-hydrogen) atoms. The van der Waals surface area contributed by atoms with E-state index in [0.29, 0.717) is 0 Å². The predicted molar refractivity (Wildman–Crippen MR) is 82.0 cm³/mol. The zero-order chi connectivity index (χ0) is 12.4. The third kappa shape index (κ3) is 2.28. The van der Waals surface area contributed by atoms with E-state index in [0.717, 1.165) is 22.4 Å². The molecule has 0 spiro atoms. The van der Waals surface area contributed by atoms with Crippen molar-refractivity contribution in [3.05, 3.63) is 58.4 Å². The number of hydrogen-bond acceptors (Lipinski definition) is 3. The summed E-state index contributed by atoms with van der Waals surface area (Å²) in [4.78, 5) is 8.55. The van der Waals surface area contributed by atoms with Crippen molar-refractivity contribution in [2.75, 3.05) is 5.32 Å². The van der Waals surface area contributed by atoms with Crippen molar-refractivity contribution in [1.29, 1.82) is 0 Å². The fourth-order valence-corrected chi connectivity index (χ4v) is 2.13. The van der Waals surface area contributed by atoms with Gasteiger partial charge in [0.05, 0.1) is 5.52 Å². The lowest BCUT2D eigenvalue weighted by Gasteiger charge is -2.08. The average molecular weight is 347 g/mol. The fourth-order valence-electron chi connectivity index (χ4n) is 1.77. The van der Waals surface area contributed by atoms with Gasteiger partial charge in [-0.2, -0.15) is 0 Å². The van der Waals surface area contributed by atoms with Crippen LogP contribution < -0.4 is 5.32 Å². The van der Waals surface area contributed by atoms with Gasteiger partial charge in [0.1, 0.15) is 12.1 Å². The number of nitrogens with one attached hydrogen (secondary N) is 1. The minimum absolute atomic E-state index is 0.835. The molecule has 1 N–H and O–H groups in total. The Kier molecular flexibility index (Phi) is 3.10. The van der Waals surface area contributed by atoms with E-state index in [1.54, 1.807) is 6.33 Å². The molecule has 2 aromatic carbocycles. The van der Waals surface area contributed by atoms with Gasteiger partial charge < -0.3 is 5.32 Å². The summed E-state index contributed by atoms with van der Waals surface area (Å²) < 4.78 is 1.21. The van der Waals surface area contributed by atoms with Crippen LogP contribution in [0.25, 0.3) is 10.9 Å². The van der Waals surface area contributed by atoms with Crippen molar-refractivity contribution in [3.63, 3.8) is 0 Å². The maximum Gasteiger partial charge on any atom is 0.141 e. The molecule has 3 aromatic rings. The Morgan fingerprint density at radius 3 is 2.50 bits per heavy atom. The molecule has 0 radical (unpaired) electrons. The molecule has 1 aromatic heterocycles. The van der Waals surface area contributed by atoms with Crippen molar-refractivity contribution >= 4 is 45.0 Å². The Morgan fingerprint density at radius 1 is 0.889 bits per heavy atom. The SMILES string of the molecule is Ic1ccc(Nc2ncnc3ccccc23)cc1. The first-order valence-electron chi connectivity index (χ1n) is 5.55. The molecule has 0 aliphatic heterocycles. The van der Waals surface area contributed by atoms with E-state index in [-0.39, 0.29) is 0 Å². The smallest absolute Gasteiger partial charge is 0.141 e. The van der Waals surface area contributed by atoms with Crippen molar-refractivity contribution in [2.24, 2.45) is 0 Å². The molecule has 0 saturated carbocycles. The molecule has 0 saturated heterocycles. The second-order valence-electron chi connectivity index (χ2n) is 3.87. The van der Waals surface area contributed by atoms with Gasteiger partial charge in [-0.15, -0.1) is 0 Å². The molecule has 0 amide bonds. The van der Waals surface area contributed by atoms with Crippen molar-refractivity contribution in [3.8, 4) is 0 Å². The van der Waals surface area contributed by atoms with E-state index >= 15 is 0 Å². The number of fused-ring (bicyclic) bond motifs is 1. The summed E-state index contributed by atoms with van der Waals surface area (Å²) in [7, 11) is 0. The Hall–Kier alpha value is -1.69. The topological polar surface area (TPSA) is 37.8 Å². The van der Waals surface area contributed by atoms with Crippen LogP contribution in [0.4, 0.5) is 11.5 Å². The van der Waals surface area contributed by atoms with E-state index in [9.17, 15) is 0 Å². The van der Waals surface area contributed by atoms with Crippen LogP contribution in [0.5, 0.6) is 0 Å². The summed E-state index contributed by atoms with van der Waals surface area (Å²) in [5.74, 6) is 0.835. The molecule has 1 heterocycles. The summed E-state index contributed by atoms with van der Waals surface area (Å²) in [6.45, 7) is 0. The van der Waals surface area contributed by atoms with Gasteiger partial charge in [-0.3, -0.25) is 0 Å². The van der Waals surface area contributed by atoms with E-state index in [4.69, 9.17) is 0 Å². The van der Waals surface area contributed by atoms with E-state index in [1.807, 2.05) is 36.4 Å². The average Bonchev–Trinajstić information content (AvgIpc) is 2.42. The zero-order valence-electron chi connectivity index (χ0n) is 9.47. The van der Waals surface area contributed by atoms with Crippen molar-refractivity contribution in [1.82, 2.24) is 9.97 Å².